The van der Waals surface area contributed by atoms with Crippen LogP contribution in [0.4, 0.5) is 0 Å². The summed E-state index contributed by atoms with van der Waals surface area (Å²) >= 11 is 1.61. The van der Waals surface area contributed by atoms with Gasteiger partial charge < -0.3 is 9.84 Å². The predicted molar refractivity (Wildman–Crippen MR) is 122 cm³/mol. The number of nitrogens with one attached hydrogen (secondary N) is 1. The van der Waals surface area contributed by atoms with Gasteiger partial charge in [0.1, 0.15) is 16.8 Å². The van der Waals surface area contributed by atoms with Crippen LogP contribution >= 0.6 is 11.3 Å². The molecule has 1 N–H and O–H groups in total. The molecule has 5 heterocycles. The van der Waals surface area contributed by atoms with E-state index < -0.39 is 5.41 Å². The van der Waals surface area contributed by atoms with Crippen LogP contribution in [0, 0.1) is 18.3 Å². The normalized spacial score (nSPS) is 15.5. The molecule has 8 heteroatoms. The fraction of sp³-hybridized carbons (Fsp3) is 0.261. The minimum absolute atomic E-state index is 0. The lowest BCUT2D eigenvalue weighted by molar-refractivity contribution is 0.375. The van der Waals surface area contributed by atoms with E-state index in [1.807, 2.05) is 42.6 Å². The number of hydrogen-bond acceptors (Lipinski definition) is 8. The van der Waals surface area contributed by atoms with E-state index in [-0.39, 0.29) is 2.85 Å². The van der Waals surface area contributed by atoms with Crippen molar-refractivity contribution in [3.8, 4) is 39.4 Å². The number of hydrogen-bond donors (Lipinski definition) is 1. The van der Waals surface area contributed by atoms with E-state index in [2.05, 4.69) is 26.5 Å². The lowest BCUT2D eigenvalue weighted by Crippen LogP contribution is -2.39. The molecule has 5 rings (SSSR count). The quantitative estimate of drug-likeness (QED) is 0.491. The largest absolute Gasteiger partial charge is 0.354 e. The van der Waals surface area contributed by atoms with Crippen LogP contribution in [0.25, 0.3) is 33.3 Å². The van der Waals surface area contributed by atoms with Crippen LogP contribution in [0.2, 0.25) is 0 Å². The number of aromatic nitrogens is 4. The summed E-state index contributed by atoms with van der Waals surface area (Å²) in [6.07, 6.45) is 4.98. The van der Waals surface area contributed by atoms with Crippen molar-refractivity contribution in [1.29, 1.82) is 5.26 Å². The van der Waals surface area contributed by atoms with Crippen molar-refractivity contribution >= 4 is 11.3 Å². The lowest BCUT2D eigenvalue weighted by atomic mass is 9.77. The van der Waals surface area contributed by atoms with Crippen LogP contribution in [-0.2, 0) is 5.41 Å². The van der Waals surface area contributed by atoms with Crippen molar-refractivity contribution in [1.82, 2.24) is 25.4 Å². The third kappa shape index (κ3) is 3.63. The maximum Gasteiger partial charge on any atom is 0.187 e. The molecule has 1 aliphatic rings. The summed E-state index contributed by atoms with van der Waals surface area (Å²) in [5, 5.41) is 19.4. The molecule has 158 valence electrons. The molecule has 0 atom stereocenters. The van der Waals surface area contributed by atoms with Crippen LogP contribution in [0.1, 0.15) is 27.1 Å². The molecule has 1 fully saturated rings. The van der Waals surface area contributed by atoms with Gasteiger partial charge in [-0.1, -0.05) is 11.2 Å². The van der Waals surface area contributed by atoms with Gasteiger partial charge in [-0.05, 0) is 56.4 Å². The number of nitrogens with zero attached hydrogens (tertiary/aromatic N) is 5. The van der Waals surface area contributed by atoms with Crippen molar-refractivity contribution < 1.29 is 7.38 Å². The molecule has 0 aromatic carbocycles. The van der Waals surface area contributed by atoms with Crippen molar-refractivity contribution in [3.05, 3.63) is 59.5 Å². The molecule has 4 aromatic heterocycles. The van der Waals surface area contributed by atoms with Gasteiger partial charge >= 0.3 is 0 Å². The monoisotopic (exact) mass is 432 g/mol. The van der Waals surface area contributed by atoms with Gasteiger partial charge in [0.05, 0.1) is 34.2 Å². The van der Waals surface area contributed by atoms with Crippen LogP contribution in [0.5, 0.6) is 0 Å². The Morgan fingerprint density at radius 1 is 1.19 bits per heavy atom. The van der Waals surface area contributed by atoms with Crippen LogP contribution in [-0.4, -0.2) is 33.2 Å². The minimum atomic E-state index is -0.567. The molecule has 0 aliphatic carbocycles. The van der Waals surface area contributed by atoms with E-state index >= 15 is 0 Å². The Balaban J connectivity index is 0.00000153. The Hall–Kier alpha value is -3.41. The smallest absolute Gasteiger partial charge is 0.187 e. The number of rotatable bonds is 4. The summed E-state index contributed by atoms with van der Waals surface area (Å²) < 4.78 is 5.59. The standard InChI is InChI=1S/C23H20N6OS.2H2/c1-15-22(19-12-17(29-30-19)20-3-2-10-31-20)28-18(13-27-15)16-4-7-26-21(11-16)23(14-24)5-8-25-9-6-23;;/h2-4,7,10-13,25H,5-6,8-9H2,1H3;2*1H. The van der Waals surface area contributed by atoms with Crippen molar-refractivity contribution in [2.45, 2.75) is 25.2 Å². The van der Waals surface area contributed by atoms with E-state index in [0.717, 1.165) is 53.5 Å². The van der Waals surface area contributed by atoms with Gasteiger partial charge in [-0.15, -0.1) is 11.3 Å². The summed E-state index contributed by atoms with van der Waals surface area (Å²) in [6, 6.07) is 12.3. The van der Waals surface area contributed by atoms with E-state index in [4.69, 9.17) is 9.51 Å². The number of nitriles is 1. The third-order valence-electron chi connectivity index (χ3n) is 5.69. The highest BCUT2D eigenvalue weighted by Crippen LogP contribution is 2.34. The number of thiophene rings is 1. The molecule has 1 saturated heterocycles. The minimum Gasteiger partial charge on any atom is -0.354 e. The van der Waals surface area contributed by atoms with Crippen molar-refractivity contribution in [3.63, 3.8) is 0 Å². The topological polar surface area (TPSA) is 101 Å². The summed E-state index contributed by atoms with van der Waals surface area (Å²) in [5.74, 6) is 0.580. The zero-order chi connectivity index (χ0) is 21.3. The summed E-state index contributed by atoms with van der Waals surface area (Å²) in [6.45, 7) is 3.52. The van der Waals surface area contributed by atoms with E-state index in [1.54, 1.807) is 23.7 Å². The first-order chi connectivity index (χ1) is 15.2. The first-order valence-electron chi connectivity index (χ1n) is 10.1. The summed E-state index contributed by atoms with van der Waals surface area (Å²) in [5.41, 5.74) is 4.01. The summed E-state index contributed by atoms with van der Waals surface area (Å²) in [4.78, 5) is 14.9. The number of pyridine rings is 1. The molecular weight excluding hydrogens is 408 g/mol. The first kappa shape index (κ1) is 19.5. The average Bonchev–Trinajstić information content (AvgIpc) is 3.52. The number of piperidine rings is 1. The van der Waals surface area contributed by atoms with Crippen LogP contribution in [0.15, 0.2) is 52.6 Å². The molecule has 0 unspecified atom stereocenters. The lowest BCUT2D eigenvalue weighted by Gasteiger charge is -2.30. The van der Waals surface area contributed by atoms with Gasteiger partial charge in [0.25, 0.3) is 0 Å². The fourth-order valence-corrected chi connectivity index (χ4v) is 4.56. The van der Waals surface area contributed by atoms with Gasteiger partial charge in [-0.3, -0.25) is 9.97 Å². The highest BCUT2D eigenvalue weighted by atomic mass is 32.1. The second kappa shape index (κ2) is 8.02. The average molecular weight is 433 g/mol. The second-order valence-corrected chi connectivity index (χ2v) is 8.56. The molecule has 31 heavy (non-hydrogen) atoms. The molecule has 0 saturated carbocycles. The number of aryl methyl sites for hydroxylation is 1. The zero-order valence-electron chi connectivity index (χ0n) is 17.0. The second-order valence-electron chi connectivity index (χ2n) is 7.62. The SMILES string of the molecule is Cc1ncc(-c2ccnc(C3(C#N)CCNCC3)c2)nc1-c1cc(-c2cccs2)no1.[HH].[HH]. The molecule has 0 radical (unpaired) electrons. The molecule has 0 amide bonds. The zero-order valence-corrected chi connectivity index (χ0v) is 17.8. The molecular formula is C23H24N6OS. The Kier molecular flexibility index (Phi) is 5.06. The summed E-state index contributed by atoms with van der Waals surface area (Å²) in [7, 11) is 0. The maximum atomic E-state index is 9.90. The van der Waals surface area contributed by atoms with Crippen LogP contribution < -0.4 is 5.32 Å². The highest BCUT2D eigenvalue weighted by molar-refractivity contribution is 7.13. The van der Waals surface area contributed by atoms with Gasteiger partial charge in [0.2, 0.25) is 0 Å². The van der Waals surface area contributed by atoms with Gasteiger partial charge in [-0.2, -0.15) is 5.26 Å². The predicted octanol–water partition coefficient (Wildman–Crippen LogP) is 4.87. The third-order valence-corrected chi connectivity index (χ3v) is 6.58. The van der Waals surface area contributed by atoms with Gasteiger partial charge in [0, 0.05) is 20.7 Å². The van der Waals surface area contributed by atoms with E-state index in [9.17, 15) is 5.26 Å². The molecule has 0 spiro atoms. The van der Waals surface area contributed by atoms with E-state index in [0.29, 0.717) is 17.1 Å². The molecule has 7 nitrogen and oxygen atoms in total. The Morgan fingerprint density at radius 3 is 2.84 bits per heavy atom. The maximum absolute atomic E-state index is 9.90. The first-order valence-corrected chi connectivity index (χ1v) is 11.0. The van der Waals surface area contributed by atoms with Crippen molar-refractivity contribution in [2.24, 2.45) is 0 Å². The van der Waals surface area contributed by atoms with Crippen LogP contribution in [0.3, 0.4) is 0 Å². The highest BCUT2D eigenvalue weighted by Gasteiger charge is 2.35. The van der Waals surface area contributed by atoms with Crippen molar-refractivity contribution in [2.75, 3.05) is 13.1 Å². The van der Waals surface area contributed by atoms with Gasteiger partial charge in [-0.25, -0.2) is 4.98 Å². The molecule has 0 bridgehead atoms. The fourth-order valence-electron chi connectivity index (χ4n) is 3.88. The molecule has 4 aromatic rings. The molecule has 1 aliphatic heterocycles. The van der Waals surface area contributed by atoms with Gasteiger partial charge in [0.15, 0.2) is 5.76 Å². The Bertz CT molecular complexity index is 1260. The Labute approximate surface area is 186 Å². The Morgan fingerprint density at radius 2 is 2.06 bits per heavy atom. The van der Waals surface area contributed by atoms with E-state index in [1.165, 1.54) is 0 Å².